The highest BCUT2D eigenvalue weighted by atomic mass is 16.3. The summed E-state index contributed by atoms with van der Waals surface area (Å²) >= 11 is 0. The number of hydrogen-bond acceptors (Lipinski definition) is 2. The second-order valence-corrected chi connectivity index (χ2v) is 2.60. The maximum atomic E-state index is 9.35. The zero-order valence-electron chi connectivity index (χ0n) is 6.78. The van der Waals surface area contributed by atoms with Crippen molar-refractivity contribution in [1.82, 2.24) is 0 Å². The average molecular weight is 162 g/mol. The minimum Gasteiger partial charge on any atom is -0.504 e. The highest BCUT2D eigenvalue weighted by Gasteiger charge is 2.09. The number of phenolic OH excluding ortho intramolecular Hbond substituents is 2. The van der Waals surface area contributed by atoms with Crippen LogP contribution in [0.4, 0.5) is 0 Å². The van der Waals surface area contributed by atoms with Crippen LogP contribution in [0.1, 0.15) is 18.4 Å². The first-order chi connectivity index (χ1) is 5.66. The van der Waals surface area contributed by atoms with Crippen LogP contribution < -0.4 is 0 Å². The fourth-order valence-corrected chi connectivity index (χ4v) is 0.988. The van der Waals surface area contributed by atoms with Gasteiger partial charge in [-0.3, -0.25) is 0 Å². The minimum absolute atomic E-state index is 0.122. The highest BCUT2D eigenvalue weighted by molar-refractivity contribution is 5.47. The fraction of sp³-hybridized carbons (Fsp3) is 0.200. The molecule has 0 amide bonds. The molecule has 0 radical (unpaired) electrons. The van der Waals surface area contributed by atoms with Gasteiger partial charge in [0.1, 0.15) is 0 Å². The van der Waals surface area contributed by atoms with Crippen molar-refractivity contribution >= 4 is 0 Å². The minimum atomic E-state index is -0.183. The summed E-state index contributed by atoms with van der Waals surface area (Å²) in [7, 11) is 0. The second-order valence-electron chi connectivity index (χ2n) is 2.60. The van der Waals surface area contributed by atoms with E-state index in [0.717, 1.165) is 0 Å². The number of benzene rings is 1. The van der Waals surface area contributed by atoms with Crippen LogP contribution in [0.15, 0.2) is 18.2 Å². The Bertz CT molecular complexity index is 323. The molecule has 0 bridgehead atoms. The van der Waals surface area contributed by atoms with Gasteiger partial charge in [-0.05, 0) is 13.0 Å². The van der Waals surface area contributed by atoms with Gasteiger partial charge in [-0.1, -0.05) is 18.1 Å². The summed E-state index contributed by atoms with van der Waals surface area (Å²) in [6.07, 6.45) is 5.18. The number of rotatable bonds is 1. The Kier molecular flexibility index (Phi) is 2.25. The van der Waals surface area contributed by atoms with Crippen molar-refractivity contribution < 1.29 is 10.2 Å². The van der Waals surface area contributed by atoms with E-state index in [2.05, 4.69) is 5.92 Å². The van der Waals surface area contributed by atoms with E-state index >= 15 is 0 Å². The third kappa shape index (κ3) is 1.35. The molecular weight excluding hydrogens is 152 g/mol. The lowest BCUT2D eigenvalue weighted by Crippen LogP contribution is -1.89. The first kappa shape index (κ1) is 8.48. The van der Waals surface area contributed by atoms with Crippen molar-refractivity contribution in [1.29, 1.82) is 0 Å². The van der Waals surface area contributed by atoms with Crippen molar-refractivity contribution in [3.63, 3.8) is 0 Å². The van der Waals surface area contributed by atoms with Crippen LogP contribution in [0.2, 0.25) is 0 Å². The summed E-state index contributed by atoms with van der Waals surface area (Å²) in [6, 6.07) is 4.76. The molecule has 1 unspecified atom stereocenters. The molecule has 0 fully saturated rings. The van der Waals surface area contributed by atoms with Crippen LogP contribution in [-0.4, -0.2) is 10.2 Å². The summed E-state index contributed by atoms with van der Waals surface area (Å²) in [5.41, 5.74) is 0.581. The van der Waals surface area contributed by atoms with Crippen molar-refractivity contribution in [3.05, 3.63) is 23.8 Å². The van der Waals surface area contributed by atoms with E-state index in [1.165, 1.54) is 6.07 Å². The average Bonchev–Trinajstić information content (AvgIpc) is 2.08. The van der Waals surface area contributed by atoms with Gasteiger partial charge in [-0.15, -0.1) is 6.42 Å². The predicted molar refractivity (Wildman–Crippen MR) is 47.0 cm³/mol. The second kappa shape index (κ2) is 3.19. The van der Waals surface area contributed by atoms with Gasteiger partial charge < -0.3 is 10.2 Å². The molecule has 0 aliphatic rings. The summed E-state index contributed by atoms with van der Waals surface area (Å²) in [5.74, 6) is 2.04. The molecule has 2 N–H and O–H groups in total. The molecule has 2 heteroatoms. The maximum Gasteiger partial charge on any atom is 0.161 e. The Morgan fingerprint density at radius 2 is 2.08 bits per heavy atom. The van der Waals surface area contributed by atoms with Crippen molar-refractivity contribution in [3.8, 4) is 23.8 Å². The van der Waals surface area contributed by atoms with Crippen LogP contribution in [0.5, 0.6) is 11.5 Å². The summed E-state index contributed by atoms with van der Waals surface area (Å²) < 4.78 is 0. The molecule has 0 heterocycles. The van der Waals surface area contributed by atoms with E-state index < -0.39 is 0 Å². The van der Waals surface area contributed by atoms with E-state index in [0.29, 0.717) is 5.56 Å². The molecule has 0 aliphatic heterocycles. The standard InChI is InChI=1S/C10H10O2/c1-3-7(2)8-5-4-6-9(11)10(8)12/h1,4-7,11-12H,2H3. The topological polar surface area (TPSA) is 40.5 Å². The predicted octanol–water partition coefficient (Wildman–Crippen LogP) is 1.83. The SMILES string of the molecule is C#CC(C)c1cccc(O)c1O. The van der Waals surface area contributed by atoms with Crippen LogP contribution in [-0.2, 0) is 0 Å². The van der Waals surface area contributed by atoms with E-state index in [1.54, 1.807) is 19.1 Å². The molecule has 12 heavy (non-hydrogen) atoms. The Hall–Kier alpha value is -1.62. The van der Waals surface area contributed by atoms with Gasteiger partial charge in [0.05, 0.1) is 0 Å². The molecule has 0 aliphatic carbocycles. The smallest absolute Gasteiger partial charge is 0.161 e. The number of phenols is 2. The van der Waals surface area contributed by atoms with Gasteiger partial charge in [-0.25, -0.2) is 0 Å². The normalized spacial score (nSPS) is 12.0. The van der Waals surface area contributed by atoms with Crippen LogP contribution in [0.25, 0.3) is 0 Å². The molecule has 2 nitrogen and oxygen atoms in total. The van der Waals surface area contributed by atoms with Gasteiger partial charge in [0.15, 0.2) is 11.5 Å². The zero-order chi connectivity index (χ0) is 9.14. The largest absolute Gasteiger partial charge is 0.504 e. The van der Waals surface area contributed by atoms with E-state index in [-0.39, 0.29) is 17.4 Å². The monoisotopic (exact) mass is 162 g/mol. The molecular formula is C10H10O2. The summed E-state index contributed by atoms with van der Waals surface area (Å²) in [6.45, 7) is 1.79. The maximum absolute atomic E-state index is 9.35. The van der Waals surface area contributed by atoms with E-state index in [4.69, 9.17) is 11.5 Å². The molecule has 0 saturated heterocycles. The molecule has 0 spiro atoms. The Balaban J connectivity index is 3.18. The quantitative estimate of drug-likeness (QED) is 0.488. The van der Waals surface area contributed by atoms with E-state index in [1.807, 2.05) is 0 Å². The third-order valence-electron chi connectivity index (χ3n) is 1.76. The molecule has 0 saturated carbocycles. The van der Waals surface area contributed by atoms with Gasteiger partial charge in [0.25, 0.3) is 0 Å². The third-order valence-corrected chi connectivity index (χ3v) is 1.76. The first-order valence-electron chi connectivity index (χ1n) is 3.63. The number of terminal acetylenes is 1. The van der Waals surface area contributed by atoms with Gasteiger partial charge >= 0.3 is 0 Å². The molecule has 1 aromatic rings. The lowest BCUT2D eigenvalue weighted by atomic mass is 10.0. The molecule has 1 rings (SSSR count). The van der Waals surface area contributed by atoms with E-state index in [9.17, 15) is 5.11 Å². The lowest BCUT2D eigenvalue weighted by molar-refractivity contribution is 0.399. The molecule has 0 aromatic heterocycles. The van der Waals surface area contributed by atoms with Crippen LogP contribution >= 0.6 is 0 Å². The summed E-state index contributed by atoms with van der Waals surface area (Å²) in [4.78, 5) is 0. The van der Waals surface area contributed by atoms with Crippen molar-refractivity contribution in [2.45, 2.75) is 12.8 Å². The van der Waals surface area contributed by atoms with Crippen molar-refractivity contribution in [2.75, 3.05) is 0 Å². The first-order valence-corrected chi connectivity index (χ1v) is 3.63. The Morgan fingerprint density at radius 3 is 2.67 bits per heavy atom. The van der Waals surface area contributed by atoms with Crippen LogP contribution in [0.3, 0.4) is 0 Å². The number of para-hydroxylation sites is 1. The Morgan fingerprint density at radius 1 is 1.42 bits per heavy atom. The molecule has 1 atom stereocenters. The molecule has 1 aromatic carbocycles. The Labute approximate surface area is 71.5 Å². The highest BCUT2D eigenvalue weighted by Crippen LogP contribution is 2.32. The van der Waals surface area contributed by atoms with Gasteiger partial charge in [-0.2, -0.15) is 0 Å². The van der Waals surface area contributed by atoms with Crippen molar-refractivity contribution in [2.24, 2.45) is 0 Å². The van der Waals surface area contributed by atoms with Gasteiger partial charge in [0.2, 0.25) is 0 Å². The fourth-order valence-electron chi connectivity index (χ4n) is 0.988. The van der Waals surface area contributed by atoms with Gasteiger partial charge in [0, 0.05) is 11.5 Å². The summed E-state index contributed by atoms with van der Waals surface area (Å²) in [5, 5.41) is 18.5. The van der Waals surface area contributed by atoms with Crippen LogP contribution in [0, 0.1) is 12.3 Å². The number of hydrogen-bond donors (Lipinski definition) is 2. The number of aromatic hydroxyl groups is 2. The zero-order valence-corrected chi connectivity index (χ0v) is 6.78. The lowest BCUT2D eigenvalue weighted by Gasteiger charge is -2.07. The molecule has 62 valence electrons.